The molecular formula is C17H30F3IN6. The summed E-state index contributed by atoms with van der Waals surface area (Å²) in [5, 5.41) is 9.81. The van der Waals surface area contributed by atoms with Gasteiger partial charge in [0.05, 0.1) is 0 Å². The SMILES string of the molecule is CN=C(NCc1cn(C)nc1C(F)(F)F)NC1CCN(CC(C)C)CC1.I. The summed E-state index contributed by atoms with van der Waals surface area (Å²) in [6.45, 7) is 7.59. The fourth-order valence-corrected chi connectivity index (χ4v) is 3.25. The van der Waals surface area contributed by atoms with Gasteiger partial charge in [-0.05, 0) is 18.8 Å². The van der Waals surface area contributed by atoms with Gasteiger partial charge >= 0.3 is 6.18 Å². The van der Waals surface area contributed by atoms with Gasteiger partial charge in [-0.15, -0.1) is 24.0 Å². The summed E-state index contributed by atoms with van der Waals surface area (Å²) >= 11 is 0. The van der Waals surface area contributed by atoms with Gasteiger partial charge in [-0.3, -0.25) is 9.67 Å². The molecule has 0 bridgehead atoms. The molecule has 156 valence electrons. The van der Waals surface area contributed by atoms with Crippen LogP contribution in [0, 0.1) is 5.92 Å². The van der Waals surface area contributed by atoms with Crippen molar-refractivity contribution < 1.29 is 13.2 Å². The maximum atomic E-state index is 13.0. The minimum atomic E-state index is -4.46. The first-order chi connectivity index (χ1) is 12.2. The lowest BCUT2D eigenvalue weighted by Crippen LogP contribution is -2.49. The predicted octanol–water partition coefficient (Wildman–Crippen LogP) is 2.84. The minimum Gasteiger partial charge on any atom is -0.354 e. The summed E-state index contributed by atoms with van der Waals surface area (Å²) in [7, 11) is 3.11. The molecule has 0 amide bonds. The number of rotatable bonds is 5. The molecule has 1 aliphatic heterocycles. The number of guanidine groups is 1. The third kappa shape index (κ3) is 7.47. The molecule has 1 fully saturated rings. The zero-order valence-electron chi connectivity index (χ0n) is 16.3. The van der Waals surface area contributed by atoms with Crippen LogP contribution >= 0.6 is 24.0 Å². The topological polar surface area (TPSA) is 57.5 Å². The van der Waals surface area contributed by atoms with E-state index in [0.29, 0.717) is 11.9 Å². The Morgan fingerprint density at radius 1 is 1.33 bits per heavy atom. The molecule has 27 heavy (non-hydrogen) atoms. The van der Waals surface area contributed by atoms with E-state index < -0.39 is 11.9 Å². The van der Waals surface area contributed by atoms with E-state index in [0.717, 1.165) is 32.5 Å². The molecule has 2 N–H and O–H groups in total. The molecule has 2 heterocycles. The first kappa shape index (κ1) is 24.0. The number of nitrogens with zero attached hydrogens (tertiary/aromatic N) is 4. The second kappa shape index (κ2) is 10.5. The Morgan fingerprint density at radius 2 is 1.96 bits per heavy atom. The predicted molar refractivity (Wildman–Crippen MR) is 111 cm³/mol. The molecular weight excluding hydrogens is 472 g/mol. The van der Waals surface area contributed by atoms with Gasteiger partial charge in [0.25, 0.3) is 0 Å². The lowest BCUT2D eigenvalue weighted by atomic mass is 10.0. The summed E-state index contributed by atoms with van der Waals surface area (Å²) in [6.07, 6.45) is -1.09. The number of aryl methyl sites for hydroxylation is 1. The van der Waals surface area contributed by atoms with Gasteiger partial charge in [0.15, 0.2) is 11.7 Å². The zero-order chi connectivity index (χ0) is 19.3. The number of hydrogen-bond donors (Lipinski definition) is 2. The van der Waals surface area contributed by atoms with E-state index in [4.69, 9.17) is 0 Å². The van der Waals surface area contributed by atoms with Crippen LogP contribution in [0.25, 0.3) is 0 Å². The Morgan fingerprint density at radius 3 is 2.48 bits per heavy atom. The van der Waals surface area contributed by atoms with E-state index in [1.54, 1.807) is 7.05 Å². The molecule has 1 aliphatic rings. The molecule has 0 radical (unpaired) electrons. The van der Waals surface area contributed by atoms with E-state index in [9.17, 15) is 13.2 Å². The maximum absolute atomic E-state index is 13.0. The first-order valence-electron chi connectivity index (χ1n) is 8.98. The van der Waals surface area contributed by atoms with Crippen LogP contribution in [0.3, 0.4) is 0 Å². The Hall–Kier alpha value is -1.04. The van der Waals surface area contributed by atoms with Crippen LogP contribution in [0.1, 0.15) is 37.9 Å². The highest BCUT2D eigenvalue weighted by molar-refractivity contribution is 14.0. The Labute approximate surface area is 176 Å². The number of hydrogen-bond acceptors (Lipinski definition) is 3. The Kier molecular flexibility index (Phi) is 9.32. The average Bonchev–Trinajstić information content (AvgIpc) is 2.93. The van der Waals surface area contributed by atoms with Gasteiger partial charge in [-0.25, -0.2) is 0 Å². The lowest BCUT2D eigenvalue weighted by Gasteiger charge is -2.34. The van der Waals surface area contributed by atoms with Crippen molar-refractivity contribution in [2.75, 3.05) is 26.7 Å². The van der Waals surface area contributed by atoms with Crippen LogP contribution in [0.4, 0.5) is 13.2 Å². The number of halogens is 4. The average molecular weight is 502 g/mol. The number of nitrogens with one attached hydrogen (secondary N) is 2. The van der Waals surface area contributed by atoms with E-state index in [1.165, 1.54) is 17.9 Å². The van der Waals surface area contributed by atoms with E-state index in [-0.39, 0.29) is 42.1 Å². The third-order valence-corrected chi connectivity index (χ3v) is 4.39. The van der Waals surface area contributed by atoms with Gasteiger partial charge in [-0.2, -0.15) is 18.3 Å². The fraction of sp³-hybridized carbons (Fsp3) is 0.765. The molecule has 6 nitrogen and oxygen atoms in total. The van der Waals surface area contributed by atoms with Crippen molar-refractivity contribution in [3.05, 3.63) is 17.5 Å². The van der Waals surface area contributed by atoms with Crippen LogP contribution < -0.4 is 10.6 Å². The highest BCUT2D eigenvalue weighted by Crippen LogP contribution is 2.30. The van der Waals surface area contributed by atoms with Gasteiger partial charge in [0.2, 0.25) is 0 Å². The normalized spacial score (nSPS) is 17.1. The quantitative estimate of drug-likeness (QED) is 0.370. The van der Waals surface area contributed by atoms with Gasteiger partial charge in [-0.1, -0.05) is 13.8 Å². The van der Waals surface area contributed by atoms with E-state index in [2.05, 4.69) is 39.5 Å². The van der Waals surface area contributed by atoms with Crippen LogP contribution in [0.2, 0.25) is 0 Å². The van der Waals surface area contributed by atoms with Crippen molar-refractivity contribution in [1.82, 2.24) is 25.3 Å². The summed E-state index contributed by atoms with van der Waals surface area (Å²) in [6, 6.07) is 0.278. The number of alkyl halides is 3. The molecule has 0 saturated carbocycles. The van der Waals surface area contributed by atoms with Gasteiger partial charge < -0.3 is 15.5 Å². The molecule has 0 spiro atoms. The fourth-order valence-electron chi connectivity index (χ4n) is 3.25. The van der Waals surface area contributed by atoms with Crippen LogP contribution in [-0.4, -0.2) is 53.4 Å². The van der Waals surface area contributed by atoms with Crippen LogP contribution in [0.5, 0.6) is 0 Å². The molecule has 0 unspecified atom stereocenters. The largest absolute Gasteiger partial charge is 0.435 e. The summed E-state index contributed by atoms with van der Waals surface area (Å²) < 4.78 is 40.2. The van der Waals surface area contributed by atoms with Crippen molar-refractivity contribution >= 4 is 29.9 Å². The molecule has 10 heteroatoms. The van der Waals surface area contributed by atoms with Crippen LogP contribution in [0.15, 0.2) is 11.2 Å². The molecule has 0 aromatic carbocycles. The van der Waals surface area contributed by atoms with Gasteiger partial charge in [0.1, 0.15) is 0 Å². The van der Waals surface area contributed by atoms with Crippen molar-refractivity contribution in [3.63, 3.8) is 0 Å². The highest BCUT2D eigenvalue weighted by atomic mass is 127. The third-order valence-electron chi connectivity index (χ3n) is 4.39. The second-order valence-electron chi connectivity index (χ2n) is 7.21. The monoisotopic (exact) mass is 502 g/mol. The zero-order valence-corrected chi connectivity index (χ0v) is 18.6. The highest BCUT2D eigenvalue weighted by Gasteiger charge is 2.36. The lowest BCUT2D eigenvalue weighted by molar-refractivity contribution is -0.142. The van der Waals surface area contributed by atoms with Crippen molar-refractivity contribution in [1.29, 1.82) is 0 Å². The minimum absolute atomic E-state index is 0. The molecule has 0 aliphatic carbocycles. The Balaban J connectivity index is 0.00000364. The van der Waals surface area contributed by atoms with Crippen molar-refractivity contribution in [2.45, 2.75) is 45.5 Å². The summed E-state index contributed by atoms with van der Waals surface area (Å²) in [5.74, 6) is 1.17. The second-order valence-corrected chi connectivity index (χ2v) is 7.21. The van der Waals surface area contributed by atoms with E-state index >= 15 is 0 Å². The number of piperidine rings is 1. The first-order valence-corrected chi connectivity index (χ1v) is 8.98. The number of aliphatic imine (C=N–C) groups is 1. The molecule has 0 atom stereocenters. The smallest absolute Gasteiger partial charge is 0.354 e. The molecule has 2 rings (SSSR count). The maximum Gasteiger partial charge on any atom is 0.435 e. The van der Waals surface area contributed by atoms with Gasteiger partial charge in [0, 0.05) is 58.1 Å². The number of likely N-dealkylation sites (tertiary alicyclic amines) is 1. The Bertz CT molecular complexity index is 606. The van der Waals surface area contributed by atoms with E-state index in [1.807, 2.05) is 0 Å². The van der Waals surface area contributed by atoms with Crippen molar-refractivity contribution in [2.24, 2.45) is 18.0 Å². The standard InChI is InChI=1S/C17H29F3N6.HI/c1-12(2)10-26-7-5-14(6-8-26)23-16(21-3)22-9-13-11-25(4)24-15(13)17(18,19)20;/h11-12,14H,5-10H2,1-4H3,(H2,21,22,23);1H. The summed E-state index contributed by atoms with van der Waals surface area (Å²) in [4.78, 5) is 6.58. The molecule has 1 aromatic rings. The van der Waals surface area contributed by atoms with Crippen molar-refractivity contribution in [3.8, 4) is 0 Å². The summed E-state index contributed by atoms with van der Waals surface area (Å²) in [5.41, 5.74) is -0.750. The molecule has 1 aromatic heterocycles. The number of aromatic nitrogens is 2. The van der Waals surface area contributed by atoms with Crippen LogP contribution in [-0.2, 0) is 19.8 Å². The molecule has 1 saturated heterocycles.